The number of benzene rings is 1. The lowest BCUT2D eigenvalue weighted by Gasteiger charge is -2.12. The normalized spacial score (nSPS) is 14.8. The van der Waals surface area contributed by atoms with E-state index in [0.717, 1.165) is 5.30 Å². The number of carboxylic acids is 1. The molecule has 1 atom stereocenters. The molecule has 1 aromatic carbocycles. The van der Waals surface area contributed by atoms with Gasteiger partial charge in [0.2, 0.25) is 0 Å². The highest BCUT2D eigenvalue weighted by atomic mass is 32.9. The van der Waals surface area contributed by atoms with Gasteiger partial charge in [0.1, 0.15) is 0 Å². The van der Waals surface area contributed by atoms with Gasteiger partial charge in [0.15, 0.2) is 0 Å². The Labute approximate surface area is 87.1 Å². The topological polar surface area (TPSA) is 37.3 Å². The lowest BCUT2D eigenvalue weighted by molar-refractivity contribution is -0.133. The molecule has 0 saturated carbocycles. The molecule has 0 aliphatic carbocycles. The fraction of sp³-hybridized carbons (Fsp3) is 0.125. The third-order valence-corrected chi connectivity index (χ3v) is 5.45. The molecular weight excluding hydrogens is 223 g/mol. The summed E-state index contributed by atoms with van der Waals surface area (Å²) in [6.07, 6.45) is -0.0462. The van der Waals surface area contributed by atoms with Gasteiger partial charge < -0.3 is 5.11 Å². The first-order valence-corrected chi connectivity index (χ1v) is 7.75. The van der Waals surface area contributed by atoms with Crippen LogP contribution in [0.1, 0.15) is 0 Å². The molecule has 1 rings (SSSR count). The van der Waals surface area contributed by atoms with Gasteiger partial charge in [-0.3, -0.25) is 4.79 Å². The van der Waals surface area contributed by atoms with Crippen LogP contribution in [0.3, 0.4) is 0 Å². The van der Waals surface area contributed by atoms with E-state index in [1.165, 1.54) is 0 Å². The minimum atomic E-state index is -2.17. The highest BCUT2D eigenvalue weighted by molar-refractivity contribution is 8.66. The van der Waals surface area contributed by atoms with Crippen molar-refractivity contribution >= 4 is 40.6 Å². The second-order valence-electron chi connectivity index (χ2n) is 2.59. The van der Waals surface area contributed by atoms with E-state index in [4.69, 9.17) is 16.9 Å². The average molecular weight is 232 g/mol. The first-order chi connectivity index (χ1) is 6.02. The summed E-state index contributed by atoms with van der Waals surface area (Å²) in [5, 5.41) is 7.31. The van der Waals surface area contributed by atoms with Crippen molar-refractivity contribution in [3.8, 4) is 0 Å². The molecule has 0 aromatic heterocycles. The molecule has 0 radical (unpaired) electrons. The predicted molar refractivity (Wildman–Crippen MR) is 61.8 cm³/mol. The molecule has 2 nitrogen and oxygen atoms in total. The zero-order valence-electron chi connectivity index (χ0n) is 6.75. The predicted octanol–water partition coefficient (Wildman–Crippen LogP) is 1.72. The number of aliphatic carboxylic acids is 1. The molecule has 0 bridgehead atoms. The van der Waals surface area contributed by atoms with Crippen molar-refractivity contribution in [2.45, 2.75) is 0 Å². The number of carboxylic acid groups (broad SMARTS) is 1. The molecule has 0 amide bonds. The molecule has 13 heavy (non-hydrogen) atoms. The maximum absolute atomic E-state index is 10.5. The van der Waals surface area contributed by atoms with Gasteiger partial charge in [0.05, 0.1) is 6.16 Å². The molecule has 0 aliphatic heterocycles. The summed E-state index contributed by atoms with van der Waals surface area (Å²) >= 11 is 9.44. The van der Waals surface area contributed by atoms with Gasteiger partial charge in [-0.25, -0.2) is 0 Å². The summed E-state index contributed by atoms with van der Waals surface area (Å²) in [6.45, 7) is 0. The maximum Gasteiger partial charge on any atom is 0.309 e. The Morgan fingerprint density at radius 3 is 2.46 bits per heavy atom. The monoisotopic (exact) mass is 232 g/mol. The number of hydrogen-bond acceptors (Lipinski definition) is 2. The largest absolute Gasteiger partial charge is 0.481 e. The quantitative estimate of drug-likeness (QED) is 0.615. The number of carbonyl (C=O) groups is 1. The van der Waals surface area contributed by atoms with Crippen molar-refractivity contribution in [2.75, 3.05) is 6.16 Å². The Morgan fingerprint density at radius 2 is 2.00 bits per heavy atom. The standard InChI is InChI=1S/C8H9O2PS2/c9-8(10)6-11(12,13)7-4-2-1-3-5-7/h1-5H,6H2,(H,9,10)(H,12,13). The van der Waals surface area contributed by atoms with Crippen molar-refractivity contribution in [1.82, 2.24) is 0 Å². The van der Waals surface area contributed by atoms with Gasteiger partial charge >= 0.3 is 5.97 Å². The van der Waals surface area contributed by atoms with Crippen LogP contribution in [0.2, 0.25) is 0 Å². The lowest BCUT2D eigenvalue weighted by Crippen LogP contribution is -2.09. The third kappa shape index (κ3) is 3.14. The van der Waals surface area contributed by atoms with Gasteiger partial charge in [-0.05, 0) is 5.30 Å². The smallest absolute Gasteiger partial charge is 0.309 e. The Balaban J connectivity index is 2.95. The summed E-state index contributed by atoms with van der Waals surface area (Å²) in [7, 11) is 0. The fourth-order valence-corrected chi connectivity index (χ4v) is 3.58. The maximum atomic E-state index is 10.5. The van der Waals surface area contributed by atoms with Crippen LogP contribution in [0.5, 0.6) is 0 Å². The van der Waals surface area contributed by atoms with Crippen LogP contribution >= 0.6 is 17.5 Å². The molecule has 0 aliphatic rings. The molecule has 0 saturated heterocycles. The van der Waals surface area contributed by atoms with Crippen molar-refractivity contribution < 1.29 is 9.90 Å². The third-order valence-electron chi connectivity index (χ3n) is 1.51. The van der Waals surface area contributed by atoms with Crippen LogP contribution in [-0.2, 0) is 16.6 Å². The SMILES string of the molecule is O=C(O)CP(=S)(S)c1ccccc1. The minimum Gasteiger partial charge on any atom is -0.481 e. The summed E-state index contributed by atoms with van der Waals surface area (Å²) in [5.74, 6) is -0.887. The van der Waals surface area contributed by atoms with E-state index in [1.807, 2.05) is 30.3 Å². The van der Waals surface area contributed by atoms with Gasteiger partial charge in [0, 0.05) is 5.24 Å². The van der Waals surface area contributed by atoms with E-state index < -0.39 is 11.2 Å². The zero-order valence-corrected chi connectivity index (χ0v) is 9.36. The van der Waals surface area contributed by atoms with E-state index in [9.17, 15) is 4.79 Å². The molecule has 1 aromatic rings. The summed E-state index contributed by atoms with van der Waals surface area (Å²) in [5.41, 5.74) is 0. The summed E-state index contributed by atoms with van der Waals surface area (Å²) in [4.78, 5) is 10.5. The van der Waals surface area contributed by atoms with E-state index in [-0.39, 0.29) is 6.16 Å². The molecule has 1 unspecified atom stereocenters. The van der Waals surface area contributed by atoms with E-state index in [0.29, 0.717) is 0 Å². The Morgan fingerprint density at radius 1 is 1.46 bits per heavy atom. The van der Waals surface area contributed by atoms with Crippen LogP contribution in [-0.4, -0.2) is 17.2 Å². The molecule has 0 fully saturated rings. The van der Waals surface area contributed by atoms with Crippen LogP contribution in [0, 0.1) is 0 Å². The van der Waals surface area contributed by atoms with Crippen LogP contribution in [0.25, 0.3) is 0 Å². The number of thiol groups is 1. The van der Waals surface area contributed by atoms with Crippen LogP contribution in [0.15, 0.2) is 30.3 Å². The molecule has 5 heteroatoms. The second-order valence-corrected chi connectivity index (χ2v) is 9.56. The molecule has 70 valence electrons. The van der Waals surface area contributed by atoms with Crippen molar-refractivity contribution in [2.24, 2.45) is 0 Å². The van der Waals surface area contributed by atoms with Gasteiger partial charge in [-0.1, -0.05) is 42.1 Å². The zero-order chi connectivity index (χ0) is 9.90. The van der Waals surface area contributed by atoms with Gasteiger partial charge in [-0.2, -0.15) is 0 Å². The Hall–Kier alpha value is -0.310. The average Bonchev–Trinajstić information content (AvgIpc) is 2.04. The van der Waals surface area contributed by atoms with E-state index in [1.54, 1.807) is 0 Å². The second kappa shape index (κ2) is 4.27. The van der Waals surface area contributed by atoms with Crippen molar-refractivity contribution in [1.29, 1.82) is 0 Å². The van der Waals surface area contributed by atoms with E-state index in [2.05, 4.69) is 12.2 Å². The molecule has 1 N–H and O–H groups in total. The first kappa shape index (κ1) is 10.8. The highest BCUT2D eigenvalue weighted by Crippen LogP contribution is 2.49. The van der Waals surface area contributed by atoms with E-state index >= 15 is 0 Å². The van der Waals surface area contributed by atoms with Crippen LogP contribution in [0.4, 0.5) is 0 Å². The Bertz CT molecular complexity index is 350. The number of rotatable bonds is 3. The lowest BCUT2D eigenvalue weighted by atomic mass is 10.4. The van der Waals surface area contributed by atoms with Crippen molar-refractivity contribution in [3.63, 3.8) is 0 Å². The number of hydrogen-bond donors (Lipinski definition) is 2. The highest BCUT2D eigenvalue weighted by Gasteiger charge is 2.17. The molecule has 0 heterocycles. The Kier molecular flexibility index (Phi) is 3.54. The molecule has 0 spiro atoms. The first-order valence-electron chi connectivity index (χ1n) is 3.61. The summed E-state index contributed by atoms with van der Waals surface area (Å²) in [6, 6.07) is 9.21. The summed E-state index contributed by atoms with van der Waals surface area (Å²) < 4.78 is 0. The molecular formula is C8H9O2PS2. The minimum absolute atomic E-state index is 0.0462. The van der Waals surface area contributed by atoms with Gasteiger partial charge in [0.25, 0.3) is 0 Å². The van der Waals surface area contributed by atoms with Gasteiger partial charge in [-0.15, -0.1) is 12.2 Å². The van der Waals surface area contributed by atoms with Crippen molar-refractivity contribution in [3.05, 3.63) is 30.3 Å². The van der Waals surface area contributed by atoms with Crippen LogP contribution < -0.4 is 5.30 Å². The fourth-order valence-electron chi connectivity index (χ4n) is 0.936.